The molecule has 0 saturated heterocycles. The maximum Gasteiger partial charge on any atom is 0.159 e. The molecule has 3 rings (SSSR count). The maximum absolute atomic E-state index is 13.5. The molecule has 2 aliphatic carbocycles. The van der Waals surface area contributed by atoms with Crippen molar-refractivity contribution in [2.45, 2.75) is 77.0 Å². The number of benzene rings is 1. The summed E-state index contributed by atoms with van der Waals surface area (Å²) in [7, 11) is 0. The van der Waals surface area contributed by atoms with Crippen molar-refractivity contribution in [2.24, 2.45) is 17.8 Å². The van der Waals surface area contributed by atoms with Gasteiger partial charge >= 0.3 is 0 Å². The van der Waals surface area contributed by atoms with Gasteiger partial charge in [0, 0.05) is 6.42 Å². The van der Waals surface area contributed by atoms with Gasteiger partial charge in [0.15, 0.2) is 11.6 Å². The van der Waals surface area contributed by atoms with Crippen LogP contribution in [0.25, 0.3) is 0 Å². The van der Waals surface area contributed by atoms with E-state index in [1.807, 2.05) is 0 Å². The van der Waals surface area contributed by atoms with Crippen molar-refractivity contribution in [3.63, 3.8) is 0 Å². The molecule has 2 aliphatic rings. The van der Waals surface area contributed by atoms with Gasteiger partial charge in [0.2, 0.25) is 0 Å². The Hall–Kier alpha value is -1.25. The highest BCUT2D eigenvalue weighted by Crippen LogP contribution is 2.44. The van der Waals surface area contributed by atoms with Gasteiger partial charge in [-0.2, -0.15) is 0 Å². The fourth-order valence-corrected chi connectivity index (χ4v) is 5.05. The molecule has 0 atom stereocenters. The normalized spacial score (nSPS) is 30.2. The van der Waals surface area contributed by atoms with E-state index in [1.54, 1.807) is 13.0 Å². The van der Waals surface area contributed by atoms with Crippen LogP contribution in [-0.4, -0.2) is 5.78 Å². The molecule has 0 unspecified atom stereocenters. The Bertz CT molecular complexity index is 582. The summed E-state index contributed by atoms with van der Waals surface area (Å²) in [6.07, 6.45) is 11.6. The third-order valence-electron chi connectivity index (χ3n) is 6.65. The van der Waals surface area contributed by atoms with E-state index in [-0.39, 0.29) is 0 Å². The highest BCUT2D eigenvalue weighted by atomic mass is 19.2. The van der Waals surface area contributed by atoms with E-state index >= 15 is 0 Å². The summed E-state index contributed by atoms with van der Waals surface area (Å²) in [5.74, 6) is 1.62. The van der Waals surface area contributed by atoms with Crippen molar-refractivity contribution >= 4 is 5.78 Å². The van der Waals surface area contributed by atoms with Crippen LogP contribution in [0.4, 0.5) is 8.78 Å². The van der Waals surface area contributed by atoms with Crippen molar-refractivity contribution < 1.29 is 13.6 Å². The van der Waals surface area contributed by atoms with E-state index in [9.17, 15) is 13.6 Å². The van der Waals surface area contributed by atoms with Crippen molar-refractivity contribution in [3.05, 3.63) is 35.4 Å². The molecule has 1 aromatic carbocycles. The first-order valence-corrected chi connectivity index (χ1v) is 9.97. The summed E-state index contributed by atoms with van der Waals surface area (Å²) in [4.78, 5) is 11.1. The van der Waals surface area contributed by atoms with Gasteiger partial charge in [-0.25, -0.2) is 8.78 Å². The Kier molecular flexibility index (Phi) is 6.24. The summed E-state index contributed by atoms with van der Waals surface area (Å²) in [5.41, 5.74) is 0.963. The van der Waals surface area contributed by atoms with Crippen molar-refractivity contribution in [1.29, 1.82) is 0 Å². The fraction of sp³-hybridized carbons (Fsp3) is 0.682. The summed E-state index contributed by atoms with van der Waals surface area (Å²) in [5, 5.41) is 0. The van der Waals surface area contributed by atoms with Crippen LogP contribution in [0.15, 0.2) is 18.2 Å². The van der Waals surface area contributed by atoms with Crippen molar-refractivity contribution in [1.82, 2.24) is 0 Å². The Labute approximate surface area is 150 Å². The Morgan fingerprint density at radius 1 is 0.920 bits per heavy atom. The summed E-state index contributed by atoms with van der Waals surface area (Å²) < 4.78 is 26.6. The highest BCUT2D eigenvalue weighted by molar-refractivity contribution is 5.75. The van der Waals surface area contributed by atoms with Crippen molar-refractivity contribution in [2.75, 3.05) is 0 Å². The zero-order valence-electron chi connectivity index (χ0n) is 15.3. The smallest absolute Gasteiger partial charge is 0.159 e. The number of hydrogen-bond donors (Lipinski definition) is 0. The van der Waals surface area contributed by atoms with Crippen LogP contribution in [0.3, 0.4) is 0 Å². The van der Waals surface area contributed by atoms with Gasteiger partial charge in [-0.15, -0.1) is 0 Å². The monoisotopic (exact) mass is 348 g/mol. The third kappa shape index (κ3) is 4.89. The van der Waals surface area contributed by atoms with Crippen LogP contribution in [0.5, 0.6) is 0 Å². The average Bonchev–Trinajstić information content (AvgIpc) is 2.63. The van der Waals surface area contributed by atoms with Gasteiger partial charge in [-0.3, -0.25) is 0 Å². The van der Waals surface area contributed by atoms with E-state index in [0.717, 1.165) is 49.0 Å². The van der Waals surface area contributed by atoms with Gasteiger partial charge in [-0.1, -0.05) is 18.9 Å². The van der Waals surface area contributed by atoms with Crippen molar-refractivity contribution in [3.8, 4) is 0 Å². The molecule has 1 nitrogen and oxygen atoms in total. The molecule has 0 aromatic heterocycles. The Balaban J connectivity index is 1.45. The molecule has 0 aliphatic heterocycles. The molecule has 0 bridgehead atoms. The van der Waals surface area contributed by atoms with Crippen LogP contribution < -0.4 is 0 Å². The molecule has 25 heavy (non-hydrogen) atoms. The topological polar surface area (TPSA) is 17.1 Å². The van der Waals surface area contributed by atoms with Gasteiger partial charge in [0.1, 0.15) is 5.78 Å². The van der Waals surface area contributed by atoms with E-state index in [2.05, 4.69) is 0 Å². The van der Waals surface area contributed by atoms with Crippen LogP contribution in [0.2, 0.25) is 0 Å². The number of ketones is 1. The maximum atomic E-state index is 13.5. The molecule has 0 radical (unpaired) electrons. The average molecular weight is 348 g/mol. The number of Topliss-reactive ketones (excluding diaryl/α,β-unsaturated/α-hetero) is 1. The lowest BCUT2D eigenvalue weighted by molar-refractivity contribution is -0.117. The van der Waals surface area contributed by atoms with Gasteiger partial charge < -0.3 is 4.79 Å². The molecular formula is C22H30F2O. The second kappa shape index (κ2) is 8.42. The predicted octanol–water partition coefficient (Wildman–Crippen LogP) is 6.41. The largest absolute Gasteiger partial charge is 0.300 e. The van der Waals surface area contributed by atoms with E-state index < -0.39 is 11.6 Å². The summed E-state index contributed by atoms with van der Waals surface area (Å²) >= 11 is 0. The summed E-state index contributed by atoms with van der Waals surface area (Å²) in [6.45, 7) is 1.69. The molecule has 2 fully saturated rings. The first kappa shape index (κ1) is 18.5. The van der Waals surface area contributed by atoms with Crippen LogP contribution >= 0.6 is 0 Å². The minimum absolute atomic E-state index is 0.317. The quantitative estimate of drug-likeness (QED) is 0.600. The molecule has 0 amide bonds. The second-order valence-electron chi connectivity index (χ2n) is 8.31. The first-order chi connectivity index (χ1) is 12.0. The lowest BCUT2D eigenvalue weighted by Crippen LogP contribution is -2.25. The first-order valence-electron chi connectivity index (χ1n) is 9.97. The van der Waals surface area contributed by atoms with E-state index in [0.29, 0.717) is 11.7 Å². The Morgan fingerprint density at radius 2 is 1.52 bits per heavy atom. The van der Waals surface area contributed by atoms with E-state index in [1.165, 1.54) is 50.7 Å². The van der Waals surface area contributed by atoms with Crippen LogP contribution in [0.1, 0.15) is 82.6 Å². The standard InChI is InChI=1S/C22H30F2O/c1-15(25)2-3-16-4-6-17(7-5-16)18-8-10-19(11-9-18)20-12-13-21(23)22(24)14-20/h12-14,16-19H,2-11H2,1H3. The molecule has 0 spiro atoms. The molecule has 3 heteroatoms. The van der Waals surface area contributed by atoms with Crippen LogP contribution in [0, 0.1) is 29.4 Å². The molecule has 138 valence electrons. The minimum Gasteiger partial charge on any atom is -0.300 e. The molecule has 0 N–H and O–H groups in total. The Morgan fingerprint density at radius 3 is 2.08 bits per heavy atom. The lowest BCUT2D eigenvalue weighted by atomic mass is 9.68. The molecule has 0 heterocycles. The lowest BCUT2D eigenvalue weighted by Gasteiger charge is -2.38. The van der Waals surface area contributed by atoms with E-state index in [4.69, 9.17) is 0 Å². The van der Waals surface area contributed by atoms with Gasteiger partial charge in [-0.05, 0) is 93.2 Å². The number of hydrogen-bond acceptors (Lipinski definition) is 1. The second-order valence-corrected chi connectivity index (χ2v) is 8.31. The fourth-order valence-electron chi connectivity index (χ4n) is 5.05. The molecule has 2 saturated carbocycles. The number of carbonyl (C=O) groups is 1. The van der Waals surface area contributed by atoms with Crippen LogP contribution in [-0.2, 0) is 4.79 Å². The highest BCUT2D eigenvalue weighted by Gasteiger charge is 2.31. The number of rotatable bonds is 5. The number of carbonyl (C=O) groups excluding carboxylic acids is 1. The zero-order valence-corrected chi connectivity index (χ0v) is 15.3. The zero-order chi connectivity index (χ0) is 17.8. The molecular weight excluding hydrogens is 318 g/mol. The predicted molar refractivity (Wildman–Crippen MR) is 96.4 cm³/mol. The van der Waals surface area contributed by atoms with Gasteiger partial charge in [0.05, 0.1) is 0 Å². The SMILES string of the molecule is CC(=O)CCC1CCC(C2CCC(c3ccc(F)c(F)c3)CC2)CC1. The van der Waals surface area contributed by atoms with Gasteiger partial charge in [0.25, 0.3) is 0 Å². The molecule has 1 aromatic rings. The minimum atomic E-state index is -0.751. The number of halogens is 2. The summed E-state index contributed by atoms with van der Waals surface area (Å²) in [6, 6.07) is 4.41. The third-order valence-corrected chi connectivity index (χ3v) is 6.65.